The first kappa shape index (κ1) is 13.0. The average Bonchev–Trinajstić information content (AvgIpc) is 2.33. The van der Waals surface area contributed by atoms with E-state index >= 15 is 0 Å². The van der Waals surface area contributed by atoms with Gasteiger partial charge in [0.2, 0.25) is 0 Å². The molecule has 0 bridgehead atoms. The number of nitrogens with one attached hydrogen (secondary N) is 1. The molecular formula is C12H17F2N3O. The molecule has 2 heterocycles. The van der Waals surface area contributed by atoms with Crippen molar-refractivity contribution < 1.29 is 13.9 Å². The summed E-state index contributed by atoms with van der Waals surface area (Å²) in [5, 5.41) is 12.3. The Balaban J connectivity index is 2.28. The van der Waals surface area contributed by atoms with Crippen molar-refractivity contribution in [3.05, 3.63) is 17.7 Å². The predicted molar refractivity (Wildman–Crippen MR) is 65.8 cm³/mol. The van der Waals surface area contributed by atoms with Crippen LogP contribution >= 0.6 is 0 Å². The summed E-state index contributed by atoms with van der Waals surface area (Å²) < 4.78 is 27.2. The van der Waals surface area contributed by atoms with Crippen molar-refractivity contribution in [1.82, 2.24) is 4.98 Å². The molecule has 0 amide bonds. The van der Waals surface area contributed by atoms with Gasteiger partial charge in [-0.25, -0.2) is 13.8 Å². The van der Waals surface area contributed by atoms with Gasteiger partial charge < -0.3 is 15.3 Å². The second kappa shape index (κ2) is 5.48. The van der Waals surface area contributed by atoms with Crippen LogP contribution in [-0.2, 0) is 0 Å². The second-order valence-electron chi connectivity index (χ2n) is 4.40. The van der Waals surface area contributed by atoms with Crippen LogP contribution in [0.4, 0.5) is 20.4 Å². The van der Waals surface area contributed by atoms with E-state index in [1.165, 1.54) is 0 Å². The number of anilines is 2. The van der Waals surface area contributed by atoms with E-state index in [1.54, 1.807) is 4.90 Å². The first-order valence-corrected chi connectivity index (χ1v) is 6.14. The number of halogens is 2. The van der Waals surface area contributed by atoms with Crippen LogP contribution in [0.25, 0.3) is 0 Å². The first-order chi connectivity index (χ1) is 8.61. The Morgan fingerprint density at radius 2 is 2.28 bits per heavy atom. The molecular weight excluding hydrogens is 240 g/mol. The first-order valence-electron chi connectivity index (χ1n) is 6.14. The Hall–Kier alpha value is -1.43. The summed E-state index contributed by atoms with van der Waals surface area (Å²) in [6.07, 6.45) is 1.00. The molecule has 1 aliphatic rings. The largest absolute Gasteiger partial charge is 0.391 e. The van der Waals surface area contributed by atoms with Gasteiger partial charge in [0.1, 0.15) is 0 Å². The van der Waals surface area contributed by atoms with Gasteiger partial charge in [-0.1, -0.05) is 0 Å². The van der Waals surface area contributed by atoms with Gasteiger partial charge in [0.15, 0.2) is 23.3 Å². The van der Waals surface area contributed by atoms with Gasteiger partial charge in [-0.15, -0.1) is 0 Å². The van der Waals surface area contributed by atoms with Crippen molar-refractivity contribution in [3.8, 4) is 0 Å². The Morgan fingerprint density at radius 1 is 1.50 bits per heavy atom. The minimum atomic E-state index is -0.698. The van der Waals surface area contributed by atoms with Gasteiger partial charge in [0.25, 0.3) is 0 Å². The van der Waals surface area contributed by atoms with E-state index in [1.807, 2.05) is 6.92 Å². The van der Waals surface area contributed by atoms with E-state index in [2.05, 4.69) is 10.3 Å². The molecule has 100 valence electrons. The molecule has 0 saturated carbocycles. The van der Waals surface area contributed by atoms with E-state index in [0.717, 1.165) is 12.5 Å². The lowest BCUT2D eigenvalue weighted by Crippen LogP contribution is -2.39. The van der Waals surface area contributed by atoms with Crippen molar-refractivity contribution in [2.24, 2.45) is 0 Å². The Bertz CT molecular complexity index is 428. The van der Waals surface area contributed by atoms with E-state index in [4.69, 9.17) is 0 Å². The number of β-amino-alcohol motifs (C(OH)–C–C–N with tert-alkyl or cyclic N) is 1. The number of aliphatic hydroxyl groups is 1. The second-order valence-corrected chi connectivity index (χ2v) is 4.40. The topological polar surface area (TPSA) is 48.4 Å². The van der Waals surface area contributed by atoms with Gasteiger partial charge in [-0.3, -0.25) is 0 Å². The van der Waals surface area contributed by atoms with Crippen molar-refractivity contribution in [2.45, 2.75) is 25.9 Å². The average molecular weight is 257 g/mol. The molecule has 1 unspecified atom stereocenters. The number of hydrogen-bond acceptors (Lipinski definition) is 4. The molecule has 0 spiro atoms. The summed E-state index contributed by atoms with van der Waals surface area (Å²) in [5.74, 6) is -1.24. The fourth-order valence-corrected chi connectivity index (χ4v) is 2.12. The molecule has 18 heavy (non-hydrogen) atoms. The number of aliphatic hydroxyl groups excluding tert-OH is 1. The lowest BCUT2D eigenvalue weighted by molar-refractivity contribution is 0.153. The Kier molecular flexibility index (Phi) is 3.96. The van der Waals surface area contributed by atoms with Crippen LogP contribution < -0.4 is 10.2 Å². The summed E-state index contributed by atoms with van der Waals surface area (Å²) in [6, 6.07) is 0.835. The highest BCUT2D eigenvalue weighted by Crippen LogP contribution is 2.25. The fourth-order valence-electron chi connectivity index (χ4n) is 2.12. The molecule has 2 N–H and O–H groups in total. The summed E-state index contributed by atoms with van der Waals surface area (Å²) in [6.45, 7) is 3.28. The van der Waals surface area contributed by atoms with Crippen LogP contribution in [0, 0.1) is 11.6 Å². The molecule has 0 radical (unpaired) electrons. The SMILES string of the molecule is CCNc1nc(N2CCCC(O)C2)c(F)cc1F. The molecule has 0 aliphatic carbocycles. The van der Waals surface area contributed by atoms with Crippen LogP contribution in [-0.4, -0.2) is 35.8 Å². The van der Waals surface area contributed by atoms with Gasteiger partial charge in [0, 0.05) is 25.7 Å². The minimum absolute atomic E-state index is 0.0500. The summed E-state index contributed by atoms with van der Waals surface area (Å²) in [5.41, 5.74) is 0. The zero-order valence-corrected chi connectivity index (χ0v) is 10.3. The molecule has 2 rings (SSSR count). The van der Waals surface area contributed by atoms with Crippen molar-refractivity contribution in [3.63, 3.8) is 0 Å². The molecule has 4 nitrogen and oxygen atoms in total. The van der Waals surface area contributed by atoms with Crippen LogP contribution in [0.5, 0.6) is 0 Å². The molecule has 1 aromatic rings. The van der Waals surface area contributed by atoms with Gasteiger partial charge in [-0.2, -0.15) is 0 Å². The normalized spacial score (nSPS) is 20.0. The van der Waals surface area contributed by atoms with Crippen LogP contribution in [0.3, 0.4) is 0 Å². The summed E-state index contributed by atoms with van der Waals surface area (Å²) in [7, 11) is 0. The van der Waals surface area contributed by atoms with Crippen molar-refractivity contribution >= 4 is 11.6 Å². The monoisotopic (exact) mass is 257 g/mol. The molecule has 1 saturated heterocycles. The third-order valence-corrected chi connectivity index (χ3v) is 2.95. The predicted octanol–water partition coefficient (Wildman–Crippen LogP) is 1.75. The fraction of sp³-hybridized carbons (Fsp3) is 0.583. The van der Waals surface area contributed by atoms with Crippen molar-refractivity contribution in [2.75, 3.05) is 29.9 Å². The lowest BCUT2D eigenvalue weighted by Gasteiger charge is -2.31. The maximum Gasteiger partial charge on any atom is 0.168 e. The number of nitrogens with zero attached hydrogens (tertiary/aromatic N) is 2. The number of aromatic nitrogens is 1. The summed E-state index contributed by atoms with van der Waals surface area (Å²) in [4.78, 5) is 5.63. The van der Waals surface area contributed by atoms with Crippen LogP contribution in [0.15, 0.2) is 6.07 Å². The van der Waals surface area contributed by atoms with E-state index < -0.39 is 17.7 Å². The third-order valence-electron chi connectivity index (χ3n) is 2.95. The van der Waals surface area contributed by atoms with E-state index in [-0.39, 0.29) is 11.6 Å². The highest BCUT2D eigenvalue weighted by Gasteiger charge is 2.23. The van der Waals surface area contributed by atoms with Crippen LogP contribution in [0.1, 0.15) is 19.8 Å². The lowest BCUT2D eigenvalue weighted by atomic mass is 10.1. The Labute approximate surface area is 105 Å². The zero-order chi connectivity index (χ0) is 13.1. The number of piperidine rings is 1. The smallest absolute Gasteiger partial charge is 0.168 e. The Morgan fingerprint density at radius 3 is 2.94 bits per heavy atom. The van der Waals surface area contributed by atoms with Crippen LogP contribution in [0.2, 0.25) is 0 Å². The minimum Gasteiger partial charge on any atom is -0.391 e. The maximum absolute atomic E-state index is 13.7. The quantitative estimate of drug-likeness (QED) is 0.866. The molecule has 1 fully saturated rings. The van der Waals surface area contributed by atoms with E-state index in [0.29, 0.717) is 26.1 Å². The van der Waals surface area contributed by atoms with Gasteiger partial charge in [-0.05, 0) is 19.8 Å². The van der Waals surface area contributed by atoms with Gasteiger partial charge >= 0.3 is 0 Å². The van der Waals surface area contributed by atoms with Gasteiger partial charge in [0.05, 0.1) is 6.10 Å². The highest BCUT2D eigenvalue weighted by atomic mass is 19.1. The number of pyridine rings is 1. The molecule has 0 aromatic carbocycles. The molecule has 6 heteroatoms. The molecule has 1 aliphatic heterocycles. The maximum atomic E-state index is 13.7. The summed E-state index contributed by atoms with van der Waals surface area (Å²) >= 11 is 0. The molecule has 1 atom stereocenters. The number of hydrogen-bond donors (Lipinski definition) is 2. The zero-order valence-electron chi connectivity index (χ0n) is 10.3. The third kappa shape index (κ3) is 2.69. The van der Waals surface area contributed by atoms with Crippen molar-refractivity contribution in [1.29, 1.82) is 0 Å². The number of rotatable bonds is 3. The highest BCUT2D eigenvalue weighted by molar-refractivity contribution is 5.49. The van der Waals surface area contributed by atoms with E-state index in [9.17, 15) is 13.9 Å². The molecule has 1 aromatic heterocycles. The standard InChI is InChI=1S/C12H17F2N3O/c1-2-15-11-9(13)6-10(14)12(16-11)17-5-3-4-8(18)7-17/h6,8,18H,2-5,7H2,1H3,(H,15,16).